The molecule has 0 aromatic carbocycles. The van der Waals surface area contributed by atoms with Crippen molar-refractivity contribution in [3.63, 3.8) is 0 Å². The standard InChI is InChI=1S/C11H7ClN2O.ClH/c12-11(15)7-4-8-2-1-3-10-13-6-9(5-7)14(8)10;/h1-6,13H;1H. The van der Waals surface area contributed by atoms with Crippen LogP contribution < -0.4 is 5.32 Å². The summed E-state index contributed by atoms with van der Waals surface area (Å²) in [6.07, 6.45) is 11.3. The third-order valence-corrected chi connectivity index (χ3v) is 2.70. The Labute approximate surface area is 104 Å². The SMILES string of the molecule is Cl.O=C(Cl)C1=CC2=CNC3=CC=CC(=C1)N23. The fourth-order valence-corrected chi connectivity index (χ4v) is 1.94. The normalized spacial score (nSPS) is 19.7. The van der Waals surface area contributed by atoms with Crippen LogP contribution >= 0.6 is 24.0 Å². The lowest BCUT2D eigenvalue weighted by Gasteiger charge is -2.28. The molecule has 0 fully saturated rings. The molecule has 3 heterocycles. The van der Waals surface area contributed by atoms with Gasteiger partial charge in [0.2, 0.25) is 0 Å². The van der Waals surface area contributed by atoms with Crippen LogP contribution in [0.1, 0.15) is 0 Å². The van der Waals surface area contributed by atoms with Crippen molar-refractivity contribution < 1.29 is 4.79 Å². The smallest absolute Gasteiger partial charge is 0.252 e. The Morgan fingerprint density at radius 1 is 1.31 bits per heavy atom. The first-order valence-electron chi connectivity index (χ1n) is 4.54. The number of carbonyl (C=O) groups is 1. The molecule has 0 amide bonds. The highest BCUT2D eigenvalue weighted by molar-refractivity contribution is 6.68. The van der Waals surface area contributed by atoms with E-state index >= 15 is 0 Å². The molecule has 0 aromatic heterocycles. The minimum atomic E-state index is -0.431. The van der Waals surface area contributed by atoms with Crippen LogP contribution in [0.3, 0.4) is 0 Å². The average Bonchev–Trinajstić information content (AvgIpc) is 2.64. The summed E-state index contributed by atoms with van der Waals surface area (Å²) >= 11 is 5.47. The summed E-state index contributed by atoms with van der Waals surface area (Å²) in [5.41, 5.74) is 2.41. The lowest BCUT2D eigenvalue weighted by atomic mass is 10.1. The molecule has 0 aromatic rings. The Balaban J connectivity index is 0.000000963. The first-order chi connectivity index (χ1) is 7.25. The number of halogens is 2. The summed E-state index contributed by atoms with van der Waals surface area (Å²) in [7, 11) is 0. The maximum atomic E-state index is 11.1. The Morgan fingerprint density at radius 2 is 2.12 bits per heavy atom. The molecule has 3 aliphatic heterocycles. The highest BCUT2D eigenvalue weighted by Crippen LogP contribution is 2.33. The van der Waals surface area contributed by atoms with Crippen LogP contribution in [0.5, 0.6) is 0 Å². The minimum Gasteiger partial charge on any atom is -0.346 e. The molecule has 0 spiro atoms. The van der Waals surface area contributed by atoms with E-state index in [2.05, 4.69) is 5.32 Å². The monoisotopic (exact) mass is 254 g/mol. The van der Waals surface area contributed by atoms with Gasteiger partial charge in [-0.15, -0.1) is 12.4 Å². The minimum absolute atomic E-state index is 0. The van der Waals surface area contributed by atoms with Crippen LogP contribution in [-0.2, 0) is 4.79 Å². The molecule has 0 atom stereocenters. The zero-order valence-corrected chi connectivity index (χ0v) is 9.68. The topological polar surface area (TPSA) is 32.3 Å². The number of nitrogens with one attached hydrogen (secondary N) is 1. The molecule has 3 rings (SSSR count). The zero-order chi connectivity index (χ0) is 10.4. The lowest BCUT2D eigenvalue weighted by Crippen LogP contribution is -2.24. The van der Waals surface area contributed by atoms with Crippen LogP contribution in [0, 0.1) is 0 Å². The van der Waals surface area contributed by atoms with Crippen molar-refractivity contribution in [2.24, 2.45) is 0 Å². The van der Waals surface area contributed by atoms with Gasteiger partial charge in [-0.3, -0.25) is 9.69 Å². The summed E-state index contributed by atoms with van der Waals surface area (Å²) in [5, 5.41) is 2.69. The number of hydrogen-bond donors (Lipinski definition) is 1. The van der Waals surface area contributed by atoms with Gasteiger partial charge in [-0.25, -0.2) is 0 Å². The van der Waals surface area contributed by atoms with Gasteiger partial charge in [0.05, 0.1) is 5.70 Å². The van der Waals surface area contributed by atoms with Gasteiger partial charge < -0.3 is 5.32 Å². The van der Waals surface area contributed by atoms with Crippen molar-refractivity contribution in [3.05, 3.63) is 59.4 Å². The number of nitrogens with zero attached hydrogens (tertiary/aromatic N) is 1. The van der Waals surface area contributed by atoms with Gasteiger partial charge in [-0.2, -0.15) is 0 Å². The van der Waals surface area contributed by atoms with Gasteiger partial charge in [0.25, 0.3) is 5.24 Å². The number of carbonyl (C=O) groups excluding carboxylic acids is 1. The Bertz CT molecular complexity index is 512. The van der Waals surface area contributed by atoms with E-state index in [1.165, 1.54) is 0 Å². The van der Waals surface area contributed by atoms with Gasteiger partial charge >= 0.3 is 0 Å². The maximum Gasteiger partial charge on any atom is 0.252 e. The molecule has 0 aliphatic carbocycles. The molecule has 0 saturated heterocycles. The van der Waals surface area contributed by atoms with Crippen molar-refractivity contribution in [1.29, 1.82) is 0 Å². The third-order valence-electron chi connectivity index (χ3n) is 2.48. The predicted octanol–water partition coefficient (Wildman–Crippen LogP) is 2.16. The van der Waals surface area contributed by atoms with E-state index in [9.17, 15) is 4.79 Å². The Hall–Kier alpha value is -1.45. The van der Waals surface area contributed by atoms with Crippen LogP contribution in [0.4, 0.5) is 0 Å². The van der Waals surface area contributed by atoms with E-state index in [1.807, 2.05) is 29.3 Å². The molecule has 1 N–H and O–H groups in total. The first-order valence-corrected chi connectivity index (χ1v) is 4.92. The van der Waals surface area contributed by atoms with Gasteiger partial charge in [-0.05, 0) is 35.9 Å². The van der Waals surface area contributed by atoms with Crippen LogP contribution in [-0.4, -0.2) is 10.1 Å². The highest BCUT2D eigenvalue weighted by Gasteiger charge is 2.27. The van der Waals surface area contributed by atoms with E-state index in [4.69, 9.17) is 11.6 Å². The van der Waals surface area contributed by atoms with Gasteiger partial charge in [0.15, 0.2) is 0 Å². The van der Waals surface area contributed by atoms with Gasteiger partial charge in [0, 0.05) is 17.5 Å². The van der Waals surface area contributed by atoms with E-state index in [1.54, 1.807) is 12.2 Å². The fourth-order valence-electron chi connectivity index (χ4n) is 1.83. The molecule has 16 heavy (non-hydrogen) atoms. The van der Waals surface area contributed by atoms with E-state index in [0.717, 1.165) is 17.2 Å². The molecule has 0 bridgehead atoms. The molecule has 3 aliphatic rings. The second kappa shape index (κ2) is 3.85. The molecule has 0 radical (unpaired) electrons. The van der Waals surface area contributed by atoms with Crippen molar-refractivity contribution in [2.45, 2.75) is 0 Å². The second-order valence-electron chi connectivity index (χ2n) is 3.40. The van der Waals surface area contributed by atoms with Crippen molar-refractivity contribution >= 4 is 29.3 Å². The zero-order valence-electron chi connectivity index (χ0n) is 8.11. The van der Waals surface area contributed by atoms with Crippen molar-refractivity contribution in [3.8, 4) is 0 Å². The summed E-state index contributed by atoms with van der Waals surface area (Å²) in [4.78, 5) is 13.1. The van der Waals surface area contributed by atoms with Crippen molar-refractivity contribution in [2.75, 3.05) is 0 Å². The Kier molecular flexibility index (Phi) is 2.66. The summed E-state index contributed by atoms with van der Waals surface area (Å²) in [6, 6.07) is 0. The summed E-state index contributed by atoms with van der Waals surface area (Å²) < 4.78 is 0. The fraction of sp³-hybridized carbons (Fsp3) is 0. The molecule has 0 unspecified atom stereocenters. The lowest BCUT2D eigenvalue weighted by molar-refractivity contribution is -0.108. The molecular weight excluding hydrogens is 247 g/mol. The molecule has 82 valence electrons. The second-order valence-corrected chi connectivity index (χ2v) is 3.75. The molecular formula is C11H8Cl2N2O. The van der Waals surface area contributed by atoms with Gasteiger partial charge in [0.1, 0.15) is 5.82 Å². The molecule has 3 nitrogen and oxygen atoms in total. The van der Waals surface area contributed by atoms with Gasteiger partial charge in [-0.1, -0.05) is 6.08 Å². The third kappa shape index (κ3) is 1.49. The van der Waals surface area contributed by atoms with Crippen LogP contribution in [0.25, 0.3) is 0 Å². The van der Waals surface area contributed by atoms with Crippen LogP contribution in [0.2, 0.25) is 0 Å². The predicted molar refractivity (Wildman–Crippen MR) is 64.6 cm³/mol. The Morgan fingerprint density at radius 3 is 2.88 bits per heavy atom. The van der Waals surface area contributed by atoms with E-state index in [0.29, 0.717) is 5.57 Å². The quantitative estimate of drug-likeness (QED) is 0.728. The highest BCUT2D eigenvalue weighted by atomic mass is 35.5. The average molecular weight is 255 g/mol. The van der Waals surface area contributed by atoms with Crippen molar-refractivity contribution in [1.82, 2.24) is 10.2 Å². The van der Waals surface area contributed by atoms with Crippen LogP contribution in [0.15, 0.2) is 59.4 Å². The molecule has 0 saturated carbocycles. The maximum absolute atomic E-state index is 11.1. The first kappa shape index (κ1) is 11.0. The number of allylic oxidation sites excluding steroid dienone is 6. The number of hydrogen-bond acceptors (Lipinski definition) is 3. The summed E-state index contributed by atoms with van der Waals surface area (Å²) in [5.74, 6) is 0.996. The molecule has 5 heteroatoms. The van der Waals surface area contributed by atoms with E-state index < -0.39 is 5.24 Å². The van der Waals surface area contributed by atoms with E-state index in [-0.39, 0.29) is 12.4 Å². The summed E-state index contributed by atoms with van der Waals surface area (Å²) in [6.45, 7) is 0. The largest absolute Gasteiger partial charge is 0.346 e. The number of rotatable bonds is 1.